The number of alkyl halides is 1. The molecule has 0 aliphatic carbocycles. The van der Waals surface area contributed by atoms with Crippen molar-refractivity contribution in [1.82, 2.24) is 19.5 Å². The number of ether oxygens (including phenoxy) is 1. The summed E-state index contributed by atoms with van der Waals surface area (Å²) in [6, 6.07) is 0. The first kappa shape index (κ1) is 13.5. The molecule has 0 radical (unpaired) electrons. The van der Waals surface area contributed by atoms with Crippen LogP contribution in [0, 0.1) is 0 Å². The number of aromatic nitrogens is 4. The number of imidazole rings is 1. The predicted molar refractivity (Wildman–Crippen MR) is 69.8 cm³/mol. The number of nitrogens with zero attached hydrogens (tertiary/aromatic N) is 4. The van der Waals surface area contributed by atoms with Gasteiger partial charge in [0.2, 0.25) is 5.28 Å². The molecule has 1 saturated heterocycles. The van der Waals surface area contributed by atoms with E-state index >= 15 is 0 Å². The van der Waals surface area contributed by atoms with Crippen LogP contribution >= 0.6 is 11.6 Å². The maximum atomic E-state index is 14.2. The number of aliphatic hydroxyl groups is 1. The van der Waals surface area contributed by atoms with Crippen LogP contribution in [0.5, 0.6) is 0 Å². The van der Waals surface area contributed by atoms with Gasteiger partial charge in [-0.15, -0.1) is 0 Å². The van der Waals surface area contributed by atoms with Crippen molar-refractivity contribution < 1.29 is 14.2 Å². The Morgan fingerprint density at radius 2 is 2.30 bits per heavy atom. The summed E-state index contributed by atoms with van der Waals surface area (Å²) in [5, 5.41) is 9.73. The molecule has 3 rings (SSSR count). The zero-order valence-electron chi connectivity index (χ0n) is 10.6. The van der Waals surface area contributed by atoms with E-state index in [2.05, 4.69) is 15.0 Å². The predicted octanol–water partition coefficient (Wildman–Crippen LogP) is 1.07. The number of halogens is 2. The fourth-order valence-corrected chi connectivity index (χ4v) is 2.53. The summed E-state index contributed by atoms with van der Waals surface area (Å²) < 4.78 is 21.1. The largest absolute Gasteiger partial charge is 0.387 e. The molecule has 7 nitrogen and oxygen atoms in total. The first-order chi connectivity index (χ1) is 9.52. The van der Waals surface area contributed by atoms with E-state index in [1.807, 2.05) is 6.92 Å². The Balaban J connectivity index is 2.07. The SMILES string of the molecule is CCC1OC(n2cnc3c(N)nc(Cl)nc32)C([18F])C1O. The van der Waals surface area contributed by atoms with Crippen molar-refractivity contribution >= 4 is 28.6 Å². The Bertz CT molecular complexity index is 651. The third-order valence-corrected chi connectivity index (χ3v) is 3.56. The Hall–Kier alpha value is -1.51. The maximum absolute atomic E-state index is 14.2. The van der Waals surface area contributed by atoms with Crippen LogP contribution in [0.15, 0.2) is 6.33 Å². The van der Waals surface area contributed by atoms with Gasteiger partial charge in [-0.3, -0.25) is 4.57 Å². The van der Waals surface area contributed by atoms with Gasteiger partial charge in [-0.25, -0.2) is 9.37 Å². The molecule has 108 valence electrons. The molecule has 0 bridgehead atoms. The van der Waals surface area contributed by atoms with Gasteiger partial charge in [-0.1, -0.05) is 6.92 Å². The standard InChI is InChI=1S/C11H13ClFN5O2/c1-2-4-7(19)5(13)10(20-4)18-3-15-6-8(14)16-11(12)17-9(6)18/h3-5,7,10,19H,2H2,1H3,(H2,14,16,17)/i13-1. The van der Waals surface area contributed by atoms with Crippen molar-refractivity contribution in [3.8, 4) is 0 Å². The number of rotatable bonds is 2. The van der Waals surface area contributed by atoms with Gasteiger partial charge in [0.1, 0.15) is 11.6 Å². The van der Waals surface area contributed by atoms with E-state index in [1.54, 1.807) is 0 Å². The van der Waals surface area contributed by atoms with E-state index < -0.39 is 24.6 Å². The summed E-state index contributed by atoms with van der Waals surface area (Å²) >= 11 is 5.75. The minimum Gasteiger partial charge on any atom is -0.387 e. The van der Waals surface area contributed by atoms with E-state index in [0.717, 1.165) is 0 Å². The van der Waals surface area contributed by atoms with E-state index in [1.165, 1.54) is 10.9 Å². The fraction of sp³-hybridized carbons (Fsp3) is 0.545. The lowest BCUT2D eigenvalue weighted by atomic mass is 10.1. The monoisotopic (exact) mass is 300 g/mol. The summed E-state index contributed by atoms with van der Waals surface area (Å²) in [4.78, 5) is 11.8. The van der Waals surface area contributed by atoms with Crippen molar-refractivity contribution in [2.75, 3.05) is 5.73 Å². The first-order valence-corrected chi connectivity index (χ1v) is 6.54. The summed E-state index contributed by atoms with van der Waals surface area (Å²) in [5.41, 5.74) is 6.29. The van der Waals surface area contributed by atoms with Gasteiger partial charge in [0, 0.05) is 0 Å². The van der Waals surface area contributed by atoms with Gasteiger partial charge in [0.15, 0.2) is 23.9 Å². The summed E-state index contributed by atoms with van der Waals surface area (Å²) in [6.45, 7) is 1.81. The van der Waals surface area contributed by atoms with Crippen molar-refractivity contribution in [3.05, 3.63) is 11.6 Å². The van der Waals surface area contributed by atoms with E-state index in [4.69, 9.17) is 22.1 Å². The molecule has 1 aliphatic heterocycles. The molecule has 0 aromatic carbocycles. The lowest BCUT2D eigenvalue weighted by molar-refractivity contribution is -0.0238. The molecule has 2 aromatic heterocycles. The van der Waals surface area contributed by atoms with Crippen LogP contribution in [0.3, 0.4) is 0 Å². The Morgan fingerprint density at radius 1 is 1.55 bits per heavy atom. The van der Waals surface area contributed by atoms with Crippen LogP contribution in [0.2, 0.25) is 5.28 Å². The molecule has 20 heavy (non-hydrogen) atoms. The highest BCUT2D eigenvalue weighted by molar-refractivity contribution is 6.28. The highest BCUT2D eigenvalue weighted by Crippen LogP contribution is 2.35. The van der Waals surface area contributed by atoms with Crippen LogP contribution in [-0.4, -0.2) is 43.0 Å². The topological polar surface area (TPSA) is 99.1 Å². The minimum atomic E-state index is -1.58. The van der Waals surface area contributed by atoms with Crippen molar-refractivity contribution in [3.63, 3.8) is 0 Å². The number of nitrogen functional groups attached to an aromatic ring is 1. The highest BCUT2D eigenvalue weighted by atomic mass is 35.5. The number of hydrogen-bond donors (Lipinski definition) is 2. The van der Waals surface area contributed by atoms with Gasteiger partial charge in [0.25, 0.3) is 0 Å². The normalized spacial score (nSPS) is 30.2. The molecule has 1 fully saturated rings. The number of nitrogens with two attached hydrogens (primary N) is 1. The molecule has 4 unspecified atom stereocenters. The number of hydrogen-bond acceptors (Lipinski definition) is 6. The number of fused-ring (bicyclic) bond motifs is 1. The second-order valence-corrected chi connectivity index (χ2v) is 4.95. The summed E-state index contributed by atoms with van der Waals surface area (Å²) in [7, 11) is 0. The van der Waals surface area contributed by atoms with Crippen molar-refractivity contribution in [2.24, 2.45) is 0 Å². The third kappa shape index (κ3) is 1.91. The quantitative estimate of drug-likeness (QED) is 0.805. The van der Waals surface area contributed by atoms with E-state index in [9.17, 15) is 9.50 Å². The molecule has 3 heterocycles. The molecule has 0 amide bonds. The zero-order chi connectivity index (χ0) is 14.4. The summed E-state index contributed by atoms with van der Waals surface area (Å²) in [5.74, 6) is 0.111. The first-order valence-electron chi connectivity index (χ1n) is 6.16. The van der Waals surface area contributed by atoms with Crippen LogP contribution in [0.4, 0.5) is 10.2 Å². The zero-order valence-corrected chi connectivity index (χ0v) is 11.3. The molecular weight excluding hydrogens is 288 g/mol. The molecule has 4 atom stereocenters. The Kier molecular flexibility index (Phi) is 3.23. The molecule has 2 aromatic rings. The smallest absolute Gasteiger partial charge is 0.226 e. The molecular formula is C11H13ClFN5O2. The number of anilines is 1. The molecule has 1 aliphatic rings. The molecule has 3 N–H and O–H groups in total. The van der Waals surface area contributed by atoms with Gasteiger partial charge in [0.05, 0.1) is 12.4 Å². The second-order valence-electron chi connectivity index (χ2n) is 4.61. The summed E-state index contributed by atoms with van der Waals surface area (Å²) in [6.07, 6.45) is -2.48. The maximum Gasteiger partial charge on any atom is 0.226 e. The Morgan fingerprint density at radius 3 is 2.95 bits per heavy atom. The van der Waals surface area contributed by atoms with Crippen LogP contribution in [0.25, 0.3) is 11.2 Å². The van der Waals surface area contributed by atoms with E-state index in [0.29, 0.717) is 11.9 Å². The van der Waals surface area contributed by atoms with Crippen LogP contribution in [0.1, 0.15) is 19.6 Å². The Labute approximate surface area is 118 Å². The average Bonchev–Trinajstić information content (AvgIpc) is 2.93. The average molecular weight is 301 g/mol. The van der Waals surface area contributed by atoms with Crippen molar-refractivity contribution in [1.29, 1.82) is 0 Å². The second kappa shape index (κ2) is 4.80. The van der Waals surface area contributed by atoms with Gasteiger partial charge in [-0.2, -0.15) is 9.97 Å². The van der Waals surface area contributed by atoms with Gasteiger partial charge < -0.3 is 15.6 Å². The fourth-order valence-electron chi connectivity index (χ4n) is 2.36. The molecule has 9 heteroatoms. The third-order valence-electron chi connectivity index (χ3n) is 3.39. The van der Waals surface area contributed by atoms with Gasteiger partial charge >= 0.3 is 0 Å². The highest BCUT2D eigenvalue weighted by Gasteiger charge is 2.44. The molecule has 0 saturated carbocycles. The minimum absolute atomic E-state index is 0.0576. The van der Waals surface area contributed by atoms with Gasteiger partial charge in [-0.05, 0) is 18.0 Å². The van der Waals surface area contributed by atoms with E-state index in [-0.39, 0.29) is 16.7 Å². The lowest BCUT2D eigenvalue weighted by Crippen LogP contribution is -2.27. The van der Waals surface area contributed by atoms with Crippen molar-refractivity contribution in [2.45, 2.75) is 38.0 Å². The van der Waals surface area contributed by atoms with Crippen LogP contribution < -0.4 is 5.73 Å². The molecule has 0 spiro atoms. The lowest BCUT2D eigenvalue weighted by Gasteiger charge is -2.15. The van der Waals surface area contributed by atoms with Crippen LogP contribution in [-0.2, 0) is 4.74 Å². The number of aliphatic hydroxyl groups excluding tert-OH is 1.